The second-order valence-corrected chi connectivity index (χ2v) is 5.83. The maximum absolute atomic E-state index is 6.16. The van der Waals surface area contributed by atoms with Gasteiger partial charge in [-0.2, -0.15) is 0 Å². The zero-order valence-corrected chi connectivity index (χ0v) is 13.3. The molecule has 0 saturated carbocycles. The molecule has 0 atom stereocenters. The minimum atomic E-state index is 0.430. The van der Waals surface area contributed by atoms with E-state index in [0.29, 0.717) is 15.8 Å². The molecule has 3 heterocycles. The predicted octanol–water partition coefficient (Wildman–Crippen LogP) is 4.99. The van der Waals surface area contributed by atoms with Crippen molar-refractivity contribution in [2.75, 3.05) is 0 Å². The van der Waals surface area contributed by atoms with Gasteiger partial charge in [0.05, 0.1) is 5.69 Å². The van der Waals surface area contributed by atoms with Crippen LogP contribution in [0.25, 0.3) is 33.5 Å². The van der Waals surface area contributed by atoms with Crippen LogP contribution < -0.4 is 0 Å². The number of aromatic amines is 1. The topological polar surface area (TPSA) is 54.5 Å². The lowest BCUT2D eigenvalue weighted by Gasteiger charge is -2.06. The van der Waals surface area contributed by atoms with E-state index in [2.05, 4.69) is 19.9 Å². The summed E-state index contributed by atoms with van der Waals surface area (Å²) in [5.74, 6) is 0. The molecule has 6 heteroatoms. The van der Waals surface area contributed by atoms with Crippen molar-refractivity contribution >= 4 is 34.4 Å². The first-order chi connectivity index (χ1) is 11.2. The van der Waals surface area contributed by atoms with E-state index in [1.807, 2.05) is 30.3 Å². The fourth-order valence-electron chi connectivity index (χ4n) is 2.61. The molecular formula is C17H10Cl2N4. The number of hydrogen-bond donors (Lipinski definition) is 1. The Morgan fingerprint density at radius 3 is 2.52 bits per heavy atom. The van der Waals surface area contributed by atoms with Gasteiger partial charge in [-0.1, -0.05) is 35.3 Å². The monoisotopic (exact) mass is 340 g/mol. The van der Waals surface area contributed by atoms with Crippen molar-refractivity contribution in [2.45, 2.75) is 0 Å². The highest BCUT2D eigenvalue weighted by atomic mass is 35.5. The Morgan fingerprint density at radius 2 is 1.70 bits per heavy atom. The Kier molecular flexibility index (Phi) is 3.48. The molecule has 0 aliphatic heterocycles. The molecule has 112 valence electrons. The third kappa shape index (κ3) is 2.56. The standard InChI is InChI=1S/C17H10Cl2N4/c18-12-3-1-2-10(8-12)14-15(11-4-5-20-13(19)9-11)23-17-16(14)21-6-7-22-17/h1-9H,(H,22,23). The number of nitrogens with zero attached hydrogens (tertiary/aromatic N) is 3. The summed E-state index contributed by atoms with van der Waals surface area (Å²) < 4.78 is 0. The lowest BCUT2D eigenvalue weighted by molar-refractivity contribution is 1.26. The van der Waals surface area contributed by atoms with Crippen LogP contribution >= 0.6 is 23.2 Å². The van der Waals surface area contributed by atoms with Gasteiger partial charge >= 0.3 is 0 Å². The SMILES string of the molecule is Clc1cccc(-c2c(-c3ccnc(Cl)c3)[nH]c3nccnc23)c1. The van der Waals surface area contributed by atoms with Crippen LogP contribution in [0.2, 0.25) is 10.2 Å². The molecule has 23 heavy (non-hydrogen) atoms. The van der Waals surface area contributed by atoms with Crippen LogP contribution in [0.3, 0.4) is 0 Å². The van der Waals surface area contributed by atoms with E-state index in [-0.39, 0.29) is 0 Å². The molecule has 0 unspecified atom stereocenters. The van der Waals surface area contributed by atoms with E-state index in [9.17, 15) is 0 Å². The molecule has 4 aromatic rings. The van der Waals surface area contributed by atoms with E-state index in [0.717, 1.165) is 27.9 Å². The van der Waals surface area contributed by atoms with E-state index >= 15 is 0 Å². The Hall–Kier alpha value is -2.43. The highest BCUT2D eigenvalue weighted by molar-refractivity contribution is 6.31. The number of benzene rings is 1. The second kappa shape index (κ2) is 5.65. The normalized spacial score (nSPS) is 11.0. The molecule has 0 aliphatic carbocycles. The molecule has 4 nitrogen and oxygen atoms in total. The number of pyridine rings is 1. The molecule has 0 aliphatic rings. The van der Waals surface area contributed by atoms with Gasteiger partial charge in [0.1, 0.15) is 10.7 Å². The van der Waals surface area contributed by atoms with Gasteiger partial charge in [0.15, 0.2) is 5.65 Å². The van der Waals surface area contributed by atoms with Crippen LogP contribution in [0, 0.1) is 0 Å². The third-order valence-corrected chi connectivity index (χ3v) is 4.00. The molecule has 0 radical (unpaired) electrons. The molecule has 1 aromatic carbocycles. The Balaban J connectivity index is 2.06. The van der Waals surface area contributed by atoms with Gasteiger partial charge in [0.25, 0.3) is 0 Å². The van der Waals surface area contributed by atoms with E-state index in [1.54, 1.807) is 24.7 Å². The number of rotatable bonds is 2. The van der Waals surface area contributed by atoms with Crippen LogP contribution in [-0.2, 0) is 0 Å². The lowest BCUT2D eigenvalue weighted by Crippen LogP contribution is -1.85. The van der Waals surface area contributed by atoms with Crippen molar-refractivity contribution in [1.82, 2.24) is 19.9 Å². The van der Waals surface area contributed by atoms with Gasteiger partial charge in [0.2, 0.25) is 0 Å². The summed E-state index contributed by atoms with van der Waals surface area (Å²) in [6.45, 7) is 0. The number of nitrogens with one attached hydrogen (secondary N) is 1. The van der Waals surface area contributed by atoms with E-state index in [1.165, 1.54) is 0 Å². The first-order valence-electron chi connectivity index (χ1n) is 6.93. The number of halogens is 2. The molecule has 1 N–H and O–H groups in total. The summed E-state index contributed by atoms with van der Waals surface area (Å²) in [7, 11) is 0. The summed E-state index contributed by atoms with van der Waals surface area (Å²) in [5.41, 5.74) is 5.21. The Labute approximate surface area is 142 Å². The molecule has 0 saturated heterocycles. The first-order valence-corrected chi connectivity index (χ1v) is 7.68. The van der Waals surface area contributed by atoms with Gasteiger partial charge < -0.3 is 4.98 Å². The summed E-state index contributed by atoms with van der Waals surface area (Å²) >= 11 is 12.2. The van der Waals surface area contributed by atoms with Crippen LogP contribution in [0.15, 0.2) is 55.0 Å². The smallest absolute Gasteiger partial charge is 0.157 e. The maximum atomic E-state index is 6.16. The van der Waals surface area contributed by atoms with Crippen molar-refractivity contribution < 1.29 is 0 Å². The van der Waals surface area contributed by atoms with Crippen LogP contribution in [-0.4, -0.2) is 19.9 Å². The van der Waals surface area contributed by atoms with Crippen LogP contribution in [0.4, 0.5) is 0 Å². The molecular weight excluding hydrogens is 331 g/mol. The quantitative estimate of drug-likeness (QED) is 0.522. The van der Waals surface area contributed by atoms with Crippen molar-refractivity contribution in [3.05, 3.63) is 65.2 Å². The number of hydrogen-bond acceptors (Lipinski definition) is 3. The van der Waals surface area contributed by atoms with Crippen molar-refractivity contribution in [3.8, 4) is 22.4 Å². The molecule has 0 bridgehead atoms. The number of H-pyrrole nitrogens is 1. The predicted molar refractivity (Wildman–Crippen MR) is 92.6 cm³/mol. The van der Waals surface area contributed by atoms with Crippen molar-refractivity contribution in [2.24, 2.45) is 0 Å². The van der Waals surface area contributed by atoms with Gasteiger partial charge in [-0.25, -0.2) is 9.97 Å². The average molecular weight is 341 g/mol. The Bertz CT molecular complexity index is 1010. The fourth-order valence-corrected chi connectivity index (χ4v) is 2.98. The minimum absolute atomic E-state index is 0.430. The average Bonchev–Trinajstić information content (AvgIpc) is 2.94. The zero-order chi connectivity index (χ0) is 15.8. The van der Waals surface area contributed by atoms with Gasteiger partial charge in [0, 0.05) is 34.7 Å². The van der Waals surface area contributed by atoms with Crippen molar-refractivity contribution in [1.29, 1.82) is 0 Å². The second-order valence-electron chi connectivity index (χ2n) is 5.01. The van der Waals surface area contributed by atoms with Gasteiger partial charge in [-0.15, -0.1) is 0 Å². The maximum Gasteiger partial charge on any atom is 0.157 e. The van der Waals surface area contributed by atoms with Gasteiger partial charge in [-0.3, -0.25) is 4.98 Å². The highest BCUT2D eigenvalue weighted by Crippen LogP contribution is 2.37. The number of fused-ring (bicyclic) bond motifs is 1. The molecule has 4 rings (SSSR count). The molecule has 0 amide bonds. The van der Waals surface area contributed by atoms with E-state index < -0.39 is 0 Å². The molecule has 0 spiro atoms. The fraction of sp³-hybridized carbons (Fsp3) is 0. The largest absolute Gasteiger partial charge is 0.337 e. The molecule has 0 fully saturated rings. The summed E-state index contributed by atoms with van der Waals surface area (Å²) in [5, 5.41) is 1.10. The Morgan fingerprint density at radius 1 is 0.826 bits per heavy atom. The van der Waals surface area contributed by atoms with E-state index in [4.69, 9.17) is 23.2 Å². The number of aromatic nitrogens is 4. The van der Waals surface area contributed by atoms with Crippen LogP contribution in [0.1, 0.15) is 0 Å². The summed E-state index contributed by atoms with van der Waals surface area (Å²) in [6, 6.07) is 11.4. The molecule has 3 aromatic heterocycles. The van der Waals surface area contributed by atoms with Gasteiger partial charge in [-0.05, 0) is 29.8 Å². The third-order valence-electron chi connectivity index (χ3n) is 3.56. The first kappa shape index (κ1) is 14.2. The summed E-state index contributed by atoms with van der Waals surface area (Å²) in [4.78, 5) is 16.2. The highest BCUT2D eigenvalue weighted by Gasteiger charge is 2.17. The summed E-state index contributed by atoms with van der Waals surface area (Å²) in [6.07, 6.45) is 5.00. The lowest BCUT2D eigenvalue weighted by atomic mass is 10.0. The van der Waals surface area contributed by atoms with Crippen LogP contribution in [0.5, 0.6) is 0 Å². The zero-order valence-electron chi connectivity index (χ0n) is 11.8. The minimum Gasteiger partial charge on any atom is -0.337 e. The van der Waals surface area contributed by atoms with Crippen molar-refractivity contribution in [3.63, 3.8) is 0 Å².